The van der Waals surface area contributed by atoms with E-state index in [9.17, 15) is 9.18 Å². The molecule has 0 atom stereocenters. The number of Topliss-reactive ketones (excluding diaryl/α,β-unsaturated/α-hetero) is 1. The van der Waals surface area contributed by atoms with E-state index in [-0.39, 0.29) is 24.4 Å². The predicted molar refractivity (Wildman–Crippen MR) is 80.0 cm³/mol. The van der Waals surface area contributed by atoms with E-state index in [1.807, 2.05) is 0 Å². The highest BCUT2D eigenvalue weighted by atomic mass is 35.5. The molecule has 4 heteroatoms. The third kappa shape index (κ3) is 3.81. The van der Waals surface area contributed by atoms with Crippen LogP contribution in [0.5, 0.6) is 0 Å². The number of halogens is 3. The van der Waals surface area contributed by atoms with Crippen molar-refractivity contribution in [1.82, 2.24) is 0 Å². The lowest BCUT2D eigenvalue weighted by Gasteiger charge is -2.07. The normalized spacial score (nSPS) is 10.6. The van der Waals surface area contributed by atoms with Crippen LogP contribution in [0.1, 0.15) is 16.7 Å². The molecule has 0 aliphatic rings. The topological polar surface area (TPSA) is 17.1 Å². The van der Waals surface area contributed by atoms with Gasteiger partial charge in [0.15, 0.2) is 0 Å². The molecule has 0 spiro atoms. The van der Waals surface area contributed by atoms with E-state index >= 15 is 0 Å². The molecule has 0 saturated heterocycles. The zero-order valence-corrected chi connectivity index (χ0v) is 12.4. The van der Waals surface area contributed by atoms with E-state index in [0.29, 0.717) is 10.0 Å². The van der Waals surface area contributed by atoms with Crippen LogP contribution in [0.15, 0.2) is 36.4 Å². The summed E-state index contributed by atoms with van der Waals surface area (Å²) in [6.07, 6.45) is 0.512. The van der Waals surface area contributed by atoms with Crippen molar-refractivity contribution in [3.8, 4) is 0 Å². The van der Waals surface area contributed by atoms with Crippen molar-refractivity contribution in [2.24, 2.45) is 0 Å². The Balaban J connectivity index is 2.09. The van der Waals surface area contributed by atoms with Gasteiger partial charge >= 0.3 is 0 Å². The number of benzene rings is 2. The molecule has 20 heavy (non-hydrogen) atoms. The number of carbonyl (C=O) groups excluding carboxylic acids is 1. The zero-order chi connectivity index (χ0) is 14.7. The van der Waals surface area contributed by atoms with E-state index < -0.39 is 0 Å². The number of aryl methyl sites for hydroxylation is 1. The number of ketones is 1. The molecule has 0 aliphatic carbocycles. The Morgan fingerprint density at radius 1 is 1.05 bits per heavy atom. The summed E-state index contributed by atoms with van der Waals surface area (Å²) in [5.74, 6) is -0.261. The number of hydrogen-bond donors (Lipinski definition) is 0. The van der Waals surface area contributed by atoms with Crippen LogP contribution >= 0.6 is 23.2 Å². The lowest BCUT2D eigenvalue weighted by atomic mass is 9.99. The maximum atomic E-state index is 13.0. The Hall–Kier alpha value is -1.38. The molecule has 0 aromatic heterocycles. The van der Waals surface area contributed by atoms with Gasteiger partial charge in [-0.15, -0.1) is 0 Å². The van der Waals surface area contributed by atoms with Crippen LogP contribution in [0.3, 0.4) is 0 Å². The van der Waals surface area contributed by atoms with Gasteiger partial charge in [-0.25, -0.2) is 4.39 Å². The van der Waals surface area contributed by atoms with Gasteiger partial charge in [0.1, 0.15) is 11.6 Å². The second-order valence-corrected chi connectivity index (χ2v) is 5.54. The molecular formula is C16H13Cl2FO. The van der Waals surface area contributed by atoms with Gasteiger partial charge in [-0.05, 0) is 47.9 Å². The highest BCUT2D eigenvalue weighted by molar-refractivity contribution is 6.35. The summed E-state index contributed by atoms with van der Waals surface area (Å²) in [5, 5.41) is 1.03. The molecule has 0 heterocycles. The molecule has 0 unspecified atom stereocenters. The molecule has 0 N–H and O–H groups in total. The lowest BCUT2D eigenvalue weighted by Crippen LogP contribution is -2.08. The monoisotopic (exact) mass is 310 g/mol. The summed E-state index contributed by atoms with van der Waals surface area (Å²) >= 11 is 11.9. The van der Waals surface area contributed by atoms with Crippen molar-refractivity contribution in [3.05, 3.63) is 69.0 Å². The first-order valence-electron chi connectivity index (χ1n) is 6.16. The summed E-state index contributed by atoms with van der Waals surface area (Å²) in [7, 11) is 0. The van der Waals surface area contributed by atoms with Gasteiger partial charge in [0.2, 0.25) is 0 Å². The lowest BCUT2D eigenvalue weighted by molar-refractivity contribution is -0.117. The van der Waals surface area contributed by atoms with E-state index in [1.54, 1.807) is 31.2 Å². The van der Waals surface area contributed by atoms with Crippen LogP contribution in [0, 0.1) is 12.7 Å². The number of rotatable bonds is 4. The molecule has 0 radical (unpaired) electrons. The standard InChI is InChI=1S/C16H13Cl2FO/c1-10-6-14(19)5-3-11(10)7-15(20)8-12-2-4-13(17)9-16(12)18/h2-6,9H,7-8H2,1H3. The van der Waals surface area contributed by atoms with Crippen LogP contribution in [-0.2, 0) is 17.6 Å². The highest BCUT2D eigenvalue weighted by Gasteiger charge is 2.10. The summed E-state index contributed by atoms with van der Waals surface area (Å²) in [6, 6.07) is 9.52. The summed E-state index contributed by atoms with van der Waals surface area (Å²) < 4.78 is 13.0. The molecule has 0 saturated carbocycles. The quantitative estimate of drug-likeness (QED) is 0.793. The first-order valence-corrected chi connectivity index (χ1v) is 6.92. The van der Waals surface area contributed by atoms with E-state index in [0.717, 1.165) is 16.7 Å². The van der Waals surface area contributed by atoms with Gasteiger partial charge in [0.05, 0.1) is 0 Å². The Morgan fingerprint density at radius 3 is 2.35 bits per heavy atom. The second kappa shape index (κ2) is 6.38. The largest absolute Gasteiger partial charge is 0.299 e. The molecular weight excluding hydrogens is 298 g/mol. The van der Waals surface area contributed by atoms with Crippen molar-refractivity contribution in [3.63, 3.8) is 0 Å². The maximum absolute atomic E-state index is 13.0. The average molecular weight is 311 g/mol. The van der Waals surface area contributed by atoms with Gasteiger partial charge in [-0.1, -0.05) is 35.3 Å². The minimum Gasteiger partial charge on any atom is -0.299 e. The van der Waals surface area contributed by atoms with Crippen LogP contribution in [0.4, 0.5) is 4.39 Å². The minimum atomic E-state index is -0.292. The molecule has 0 amide bonds. The highest BCUT2D eigenvalue weighted by Crippen LogP contribution is 2.22. The molecule has 104 valence electrons. The fourth-order valence-electron chi connectivity index (χ4n) is 2.01. The van der Waals surface area contributed by atoms with Crippen molar-refractivity contribution >= 4 is 29.0 Å². The molecule has 2 rings (SSSR count). The smallest absolute Gasteiger partial charge is 0.141 e. The second-order valence-electron chi connectivity index (χ2n) is 4.70. The molecule has 1 nitrogen and oxygen atoms in total. The van der Waals surface area contributed by atoms with E-state index in [4.69, 9.17) is 23.2 Å². The fourth-order valence-corrected chi connectivity index (χ4v) is 2.49. The van der Waals surface area contributed by atoms with Crippen molar-refractivity contribution in [1.29, 1.82) is 0 Å². The van der Waals surface area contributed by atoms with Crippen molar-refractivity contribution in [2.45, 2.75) is 19.8 Å². The van der Waals surface area contributed by atoms with E-state index in [2.05, 4.69) is 0 Å². The average Bonchev–Trinajstić information content (AvgIpc) is 2.36. The summed E-state index contributed by atoms with van der Waals surface area (Å²) in [4.78, 5) is 12.1. The van der Waals surface area contributed by atoms with E-state index in [1.165, 1.54) is 12.1 Å². The fraction of sp³-hybridized carbons (Fsp3) is 0.188. The van der Waals surface area contributed by atoms with Gasteiger partial charge in [0, 0.05) is 22.9 Å². The minimum absolute atomic E-state index is 0.0314. The predicted octanol–water partition coefficient (Wildman–Crippen LogP) is 4.80. The van der Waals surface area contributed by atoms with Crippen molar-refractivity contribution in [2.75, 3.05) is 0 Å². The molecule has 2 aromatic carbocycles. The summed E-state index contributed by atoms with van der Waals surface area (Å²) in [5.41, 5.74) is 2.36. The Bertz CT molecular complexity index is 597. The Morgan fingerprint density at radius 2 is 1.70 bits per heavy atom. The van der Waals surface area contributed by atoms with Crippen molar-refractivity contribution < 1.29 is 9.18 Å². The first-order chi connectivity index (χ1) is 9.45. The SMILES string of the molecule is Cc1cc(F)ccc1CC(=O)Cc1ccc(Cl)cc1Cl. The first kappa shape index (κ1) is 15.0. The zero-order valence-electron chi connectivity index (χ0n) is 10.9. The third-order valence-corrected chi connectivity index (χ3v) is 3.68. The van der Waals surface area contributed by atoms with Gasteiger partial charge in [-0.3, -0.25) is 4.79 Å². The van der Waals surface area contributed by atoms with Crippen LogP contribution in [0.25, 0.3) is 0 Å². The van der Waals surface area contributed by atoms with Crippen LogP contribution in [0.2, 0.25) is 10.0 Å². The molecule has 2 aromatic rings. The van der Waals surface area contributed by atoms with Gasteiger partial charge < -0.3 is 0 Å². The third-order valence-electron chi connectivity index (χ3n) is 3.09. The number of hydrogen-bond acceptors (Lipinski definition) is 1. The van der Waals surface area contributed by atoms with Gasteiger partial charge in [0.25, 0.3) is 0 Å². The Labute approximate surface area is 127 Å². The molecule has 0 fully saturated rings. The molecule has 0 aliphatic heterocycles. The summed E-state index contributed by atoms with van der Waals surface area (Å²) in [6.45, 7) is 1.79. The van der Waals surface area contributed by atoms with Crippen LogP contribution < -0.4 is 0 Å². The maximum Gasteiger partial charge on any atom is 0.141 e. The van der Waals surface area contributed by atoms with Crippen LogP contribution in [-0.4, -0.2) is 5.78 Å². The Kier molecular flexibility index (Phi) is 4.79. The van der Waals surface area contributed by atoms with Gasteiger partial charge in [-0.2, -0.15) is 0 Å². The molecule has 0 bridgehead atoms. The number of carbonyl (C=O) groups is 1.